The molecule has 34 heavy (non-hydrogen) atoms. The average Bonchev–Trinajstić information content (AvgIpc) is 3.46. The summed E-state index contributed by atoms with van der Waals surface area (Å²) in [5, 5.41) is 10.3. The number of benzene rings is 1. The van der Waals surface area contributed by atoms with Gasteiger partial charge < -0.3 is 15.5 Å². The number of carbonyl (C=O) groups is 1. The fourth-order valence-corrected chi connectivity index (χ4v) is 4.98. The quantitative estimate of drug-likeness (QED) is 0.564. The van der Waals surface area contributed by atoms with Crippen molar-refractivity contribution in [2.45, 2.75) is 38.0 Å². The summed E-state index contributed by atoms with van der Waals surface area (Å²) in [6.45, 7) is 4.05. The average molecular weight is 476 g/mol. The summed E-state index contributed by atoms with van der Waals surface area (Å²) < 4.78 is 55.3. The highest BCUT2D eigenvalue weighted by atomic mass is 19.4. The van der Waals surface area contributed by atoms with Gasteiger partial charge >= 0.3 is 6.18 Å². The van der Waals surface area contributed by atoms with E-state index in [1.807, 2.05) is 0 Å². The molecule has 0 radical (unpaired) electrons. The Kier molecular flexibility index (Phi) is 5.67. The third-order valence-corrected chi connectivity index (χ3v) is 6.78. The van der Waals surface area contributed by atoms with Crippen LogP contribution in [0.2, 0.25) is 0 Å². The molecule has 0 saturated carbocycles. The number of hydrogen-bond donors (Lipinski definition) is 2. The van der Waals surface area contributed by atoms with Crippen molar-refractivity contribution in [3.63, 3.8) is 0 Å². The van der Waals surface area contributed by atoms with Gasteiger partial charge in [0.25, 0.3) is 5.91 Å². The molecule has 0 aliphatic carbocycles. The first-order valence-corrected chi connectivity index (χ1v) is 11.2. The highest BCUT2D eigenvalue weighted by Gasteiger charge is 2.36. The number of nitrogens with one attached hydrogen (secondary N) is 2. The monoisotopic (exact) mass is 476 g/mol. The number of carbonyl (C=O) groups excluding carboxylic acids is 1. The zero-order chi connectivity index (χ0) is 24.0. The number of aromatic nitrogens is 3. The molecule has 2 aromatic heterocycles. The molecule has 5 rings (SSSR count). The van der Waals surface area contributed by atoms with Crippen LogP contribution in [0.1, 0.15) is 47.3 Å². The summed E-state index contributed by atoms with van der Waals surface area (Å²) in [6.07, 6.45) is 0.280. The number of nitrogens with zero attached hydrogens (tertiary/aromatic N) is 4. The van der Waals surface area contributed by atoms with Gasteiger partial charge in [0.05, 0.1) is 22.9 Å². The van der Waals surface area contributed by atoms with E-state index in [0.29, 0.717) is 23.7 Å². The van der Waals surface area contributed by atoms with Crippen LogP contribution in [-0.2, 0) is 6.18 Å². The first-order valence-electron chi connectivity index (χ1n) is 11.2. The van der Waals surface area contributed by atoms with Crippen molar-refractivity contribution in [3.8, 4) is 0 Å². The Bertz CT molecular complexity index is 1230. The van der Waals surface area contributed by atoms with Crippen molar-refractivity contribution in [1.29, 1.82) is 0 Å². The van der Waals surface area contributed by atoms with E-state index in [2.05, 4.69) is 25.6 Å². The summed E-state index contributed by atoms with van der Waals surface area (Å²) in [4.78, 5) is 19.6. The third-order valence-electron chi connectivity index (χ3n) is 6.78. The number of amides is 1. The van der Waals surface area contributed by atoms with Crippen LogP contribution < -0.4 is 15.5 Å². The first-order chi connectivity index (χ1) is 16.2. The predicted octanol–water partition coefficient (Wildman–Crippen LogP) is 3.57. The van der Waals surface area contributed by atoms with Crippen LogP contribution in [0.5, 0.6) is 0 Å². The van der Waals surface area contributed by atoms with E-state index in [-0.39, 0.29) is 11.1 Å². The van der Waals surface area contributed by atoms with E-state index in [0.717, 1.165) is 44.2 Å². The number of hydrogen-bond acceptors (Lipinski definition) is 5. The molecular formula is C23H24F4N6O. The lowest BCUT2D eigenvalue weighted by Gasteiger charge is -2.36. The van der Waals surface area contributed by atoms with Crippen LogP contribution in [0.3, 0.4) is 0 Å². The predicted molar refractivity (Wildman–Crippen MR) is 117 cm³/mol. The van der Waals surface area contributed by atoms with E-state index >= 15 is 0 Å². The largest absolute Gasteiger partial charge is 0.419 e. The Morgan fingerprint density at radius 3 is 2.91 bits per heavy atom. The Morgan fingerprint density at radius 1 is 1.29 bits per heavy atom. The van der Waals surface area contributed by atoms with Gasteiger partial charge in [-0.05, 0) is 44.4 Å². The second kappa shape index (κ2) is 8.53. The second-order valence-electron chi connectivity index (χ2n) is 8.89. The van der Waals surface area contributed by atoms with Crippen LogP contribution in [-0.4, -0.2) is 46.2 Å². The molecule has 2 aliphatic heterocycles. The summed E-state index contributed by atoms with van der Waals surface area (Å²) in [5.74, 6) is -1.29. The van der Waals surface area contributed by atoms with Gasteiger partial charge in [-0.2, -0.15) is 18.3 Å². The molecule has 180 valence electrons. The minimum atomic E-state index is -4.82. The molecule has 7 nitrogen and oxygen atoms in total. The van der Waals surface area contributed by atoms with Gasteiger partial charge in [0, 0.05) is 30.9 Å². The lowest BCUT2D eigenvalue weighted by molar-refractivity contribution is -0.140. The molecule has 3 atom stereocenters. The number of anilines is 1. The van der Waals surface area contributed by atoms with Gasteiger partial charge in [-0.1, -0.05) is 12.1 Å². The van der Waals surface area contributed by atoms with Crippen LogP contribution in [0.25, 0.3) is 5.65 Å². The molecule has 1 amide bonds. The SMILES string of the molecule is C[C@@H](NC(=O)c1cc(N2CC[C@H]3CCN[C@@H]3C2)c2ncnn2c1)c1cccc(C(F)(F)F)c1F. The standard InChI is InChI=1S/C23H24F4N6O/c1-13(16-3-2-4-17(20(16)24)23(25,26)27)31-22(34)15-9-19(21-29-12-30-33(21)10-15)32-8-6-14-5-7-28-18(14)11-32/h2-4,9-10,12-14,18,28H,5-8,11H2,1H3,(H,31,34)/t13-,14-,18-/m1/s1. The molecular weight excluding hydrogens is 452 g/mol. The number of pyridine rings is 1. The van der Waals surface area contributed by atoms with Crippen molar-refractivity contribution < 1.29 is 22.4 Å². The third kappa shape index (κ3) is 4.08. The van der Waals surface area contributed by atoms with Gasteiger partial charge in [0.1, 0.15) is 12.1 Å². The fourth-order valence-electron chi connectivity index (χ4n) is 4.98. The minimum absolute atomic E-state index is 0.236. The van der Waals surface area contributed by atoms with Crippen molar-refractivity contribution in [1.82, 2.24) is 25.2 Å². The van der Waals surface area contributed by atoms with E-state index in [1.165, 1.54) is 30.0 Å². The van der Waals surface area contributed by atoms with Crippen molar-refractivity contribution in [2.75, 3.05) is 24.5 Å². The van der Waals surface area contributed by atoms with Crippen LogP contribution in [0, 0.1) is 11.7 Å². The Balaban J connectivity index is 1.41. The maximum absolute atomic E-state index is 14.5. The highest BCUT2D eigenvalue weighted by Crippen LogP contribution is 2.34. The van der Waals surface area contributed by atoms with Gasteiger partial charge in [0.2, 0.25) is 0 Å². The Morgan fingerprint density at radius 2 is 2.12 bits per heavy atom. The van der Waals surface area contributed by atoms with Gasteiger partial charge in [0.15, 0.2) is 5.65 Å². The second-order valence-corrected chi connectivity index (χ2v) is 8.89. The lowest BCUT2D eigenvalue weighted by atomic mass is 9.92. The van der Waals surface area contributed by atoms with Gasteiger partial charge in [-0.25, -0.2) is 13.9 Å². The number of rotatable bonds is 4. The van der Waals surface area contributed by atoms with Gasteiger partial charge in [-0.3, -0.25) is 4.79 Å². The summed E-state index contributed by atoms with van der Waals surface area (Å²) in [7, 11) is 0. The van der Waals surface area contributed by atoms with E-state index in [4.69, 9.17) is 0 Å². The molecule has 2 aliphatic rings. The molecule has 2 saturated heterocycles. The zero-order valence-corrected chi connectivity index (χ0v) is 18.4. The molecule has 4 heterocycles. The minimum Gasteiger partial charge on any atom is -0.367 e. The maximum Gasteiger partial charge on any atom is 0.419 e. The Labute approximate surface area is 193 Å². The molecule has 2 fully saturated rings. The van der Waals surface area contributed by atoms with Crippen LogP contribution in [0.4, 0.5) is 23.2 Å². The van der Waals surface area contributed by atoms with Crippen molar-refractivity contribution >= 4 is 17.2 Å². The number of alkyl halides is 3. The highest BCUT2D eigenvalue weighted by molar-refractivity contribution is 5.96. The summed E-state index contributed by atoms with van der Waals surface area (Å²) in [5.41, 5.74) is 0.0369. The van der Waals surface area contributed by atoms with E-state index < -0.39 is 29.5 Å². The van der Waals surface area contributed by atoms with Crippen LogP contribution >= 0.6 is 0 Å². The first kappa shape index (κ1) is 22.6. The molecule has 1 aromatic carbocycles. The number of fused-ring (bicyclic) bond motifs is 2. The summed E-state index contributed by atoms with van der Waals surface area (Å²) >= 11 is 0. The lowest BCUT2D eigenvalue weighted by Crippen LogP contribution is -2.46. The fraction of sp³-hybridized carbons (Fsp3) is 0.435. The smallest absolute Gasteiger partial charge is 0.367 e. The molecule has 2 N–H and O–H groups in total. The molecule has 11 heteroatoms. The van der Waals surface area contributed by atoms with Gasteiger partial charge in [-0.15, -0.1) is 0 Å². The number of halogens is 4. The molecule has 0 bridgehead atoms. The zero-order valence-electron chi connectivity index (χ0n) is 18.4. The molecule has 0 unspecified atom stereocenters. The normalized spacial score (nSPS) is 21.5. The van der Waals surface area contributed by atoms with E-state index in [1.54, 1.807) is 6.07 Å². The number of piperidine rings is 1. The molecule has 3 aromatic rings. The summed E-state index contributed by atoms with van der Waals surface area (Å²) in [6, 6.07) is 4.15. The molecule has 0 spiro atoms. The van der Waals surface area contributed by atoms with E-state index in [9.17, 15) is 22.4 Å². The van der Waals surface area contributed by atoms with Crippen molar-refractivity contribution in [2.24, 2.45) is 5.92 Å². The Hall–Kier alpha value is -3.21. The van der Waals surface area contributed by atoms with Crippen LogP contribution in [0.15, 0.2) is 36.8 Å². The maximum atomic E-state index is 14.5. The van der Waals surface area contributed by atoms with Crippen molar-refractivity contribution in [3.05, 3.63) is 59.3 Å². The topological polar surface area (TPSA) is 74.6 Å².